The molecule has 1 saturated heterocycles. The highest BCUT2D eigenvalue weighted by Gasteiger charge is 2.54. The molecular formula is C7H12O5. The Hall–Kier alpha value is -0.650. The number of aliphatic hydroxyl groups is 3. The van der Waals surface area contributed by atoms with Crippen molar-refractivity contribution in [1.82, 2.24) is 0 Å². The SMILES string of the molecule is CC(O)[C@H]1OC(=O)[C@@H](O)C1(C)O. The summed E-state index contributed by atoms with van der Waals surface area (Å²) in [6.45, 7) is 2.63. The summed E-state index contributed by atoms with van der Waals surface area (Å²) < 4.78 is 4.56. The van der Waals surface area contributed by atoms with Gasteiger partial charge >= 0.3 is 5.97 Å². The first-order valence-electron chi connectivity index (χ1n) is 3.66. The van der Waals surface area contributed by atoms with Crippen LogP contribution in [0.15, 0.2) is 0 Å². The van der Waals surface area contributed by atoms with Crippen molar-refractivity contribution in [2.45, 2.75) is 37.8 Å². The van der Waals surface area contributed by atoms with E-state index < -0.39 is 29.9 Å². The summed E-state index contributed by atoms with van der Waals surface area (Å²) in [7, 11) is 0. The predicted molar refractivity (Wildman–Crippen MR) is 38.2 cm³/mol. The fraction of sp³-hybridized carbons (Fsp3) is 0.857. The fourth-order valence-corrected chi connectivity index (χ4v) is 1.29. The van der Waals surface area contributed by atoms with Gasteiger partial charge in [0.25, 0.3) is 0 Å². The molecule has 0 bridgehead atoms. The highest BCUT2D eigenvalue weighted by Crippen LogP contribution is 2.28. The lowest BCUT2D eigenvalue weighted by Crippen LogP contribution is -2.48. The van der Waals surface area contributed by atoms with Crippen LogP contribution in [-0.2, 0) is 9.53 Å². The lowest BCUT2D eigenvalue weighted by molar-refractivity contribution is -0.150. The smallest absolute Gasteiger partial charge is 0.338 e. The summed E-state index contributed by atoms with van der Waals surface area (Å²) >= 11 is 0. The minimum absolute atomic E-state index is 0.897. The van der Waals surface area contributed by atoms with E-state index in [9.17, 15) is 9.90 Å². The molecule has 2 unspecified atom stereocenters. The van der Waals surface area contributed by atoms with Crippen LogP contribution in [-0.4, -0.2) is 45.2 Å². The molecular weight excluding hydrogens is 164 g/mol. The van der Waals surface area contributed by atoms with Gasteiger partial charge in [-0.2, -0.15) is 0 Å². The van der Waals surface area contributed by atoms with Gasteiger partial charge in [-0.15, -0.1) is 0 Å². The Morgan fingerprint density at radius 1 is 1.67 bits per heavy atom. The number of hydrogen-bond donors (Lipinski definition) is 3. The molecule has 1 heterocycles. The van der Waals surface area contributed by atoms with Gasteiger partial charge in [0.1, 0.15) is 5.60 Å². The van der Waals surface area contributed by atoms with Gasteiger partial charge in [0.15, 0.2) is 12.2 Å². The number of carbonyl (C=O) groups is 1. The van der Waals surface area contributed by atoms with Crippen LogP contribution in [0, 0.1) is 0 Å². The zero-order valence-electron chi connectivity index (χ0n) is 6.89. The first kappa shape index (κ1) is 9.44. The molecule has 0 saturated carbocycles. The molecule has 0 aliphatic carbocycles. The van der Waals surface area contributed by atoms with E-state index in [0.29, 0.717) is 0 Å². The standard InChI is InChI=1S/C7H12O5/c1-3(8)5-7(2,11)4(9)6(10)12-5/h3-5,8-9,11H,1-2H3/t3?,4-,5-,7?/m1/s1. The van der Waals surface area contributed by atoms with Crippen molar-refractivity contribution in [3.63, 3.8) is 0 Å². The first-order chi connectivity index (χ1) is 5.37. The Labute approximate surface area is 69.6 Å². The maximum absolute atomic E-state index is 10.8. The minimum Gasteiger partial charge on any atom is -0.454 e. The Morgan fingerprint density at radius 2 is 2.17 bits per heavy atom. The molecule has 4 atom stereocenters. The molecule has 1 aliphatic rings. The third-order valence-electron chi connectivity index (χ3n) is 2.03. The van der Waals surface area contributed by atoms with Gasteiger partial charge in [0, 0.05) is 0 Å². The van der Waals surface area contributed by atoms with Gasteiger partial charge in [-0.05, 0) is 13.8 Å². The molecule has 1 rings (SSSR count). The quantitative estimate of drug-likeness (QED) is 0.419. The second-order valence-electron chi connectivity index (χ2n) is 3.23. The maximum Gasteiger partial charge on any atom is 0.338 e. The Bertz CT molecular complexity index is 198. The molecule has 0 aromatic heterocycles. The van der Waals surface area contributed by atoms with Gasteiger partial charge in [-0.1, -0.05) is 0 Å². The number of esters is 1. The first-order valence-corrected chi connectivity index (χ1v) is 3.66. The van der Waals surface area contributed by atoms with Gasteiger partial charge < -0.3 is 20.1 Å². The number of hydrogen-bond acceptors (Lipinski definition) is 5. The van der Waals surface area contributed by atoms with Crippen molar-refractivity contribution in [2.24, 2.45) is 0 Å². The van der Waals surface area contributed by atoms with Crippen LogP contribution < -0.4 is 0 Å². The molecule has 0 aromatic carbocycles. The molecule has 5 heteroatoms. The van der Waals surface area contributed by atoms with E-state index in [2.05, 4.69) is 4.74 Å². The highest BCUT2D eigenvalue weighted by molar-refractivity contribution is 5.79. The van der Waals surface area contributed by atoms with E-state index in [1.54, 1.807) is 0 Å². The van der Waals surface area contributed by atoms with E-state index in [1.165, 1.54) is 13.8 Å². The molecule has 5 nitrogen and oxygen atoms in total. The van der Waals surface area contributed by atoms with Crippen LogP contribution in [0.4, 0.5) is 0 Å². The summed E-state index contributed by atoms with van der Waals surface area (Å²) in [5, 5.41) is 27.7. The van der Waals surface area contributed by atoms with Crippen LogP contribution >= 0.6 is 0 Å². The third-order valence-corrected chi connectivity index (χ3v) is 2.03. The maximum atomic E-state index is 10.8. The largest absolute Gasteiger partial charge is 0.454 e. The molecule has 12 heavy (non-hydrogen) atoms. The monoisotopic (exact) mass is 176 g/mol. The summed E-state index contributed by atoms with van der Waals surface area (Å²) in [5.41, 5.74) is -1.70. The van der Waals surface area contributed by atoms with E-state index >= 15 is 0 Å². The number of aliphatic hydroxyl groups excluding tert-OH is 2. The second-order valence-corrected chi connectivity index (χ2v) is 3.23. The molecule has 1 aliphatic heterocycles. The lowest BCUT2D eigenvalue weighted by Gasteiger charge is -2.26. The van der Waals surface area contributed by atoms with Gasteiger partial charge in [-0.25, -0.2) is 4.79 Å². The molecule has 0 radical (unpaired) electrons. The number of ether oxygens (including phenoxy) is 1. The van der Waals surface area contributed by atoms with Crippen molar-refractivity contribution in [3.8, 4) is 0 Å². The van der Waals surface area contributed by atoms with Crippen LogP contribution in [0.2, 0.25) is 0 Å². The summed E-state index contributed by atoms with van der Waals surface area (Å²) in [5.74, 6) is -0.897. The summed E-state index contributed by atoms with van der Waals surface area (Å²) in [4.78, 5) is 10.8. The van der Waals surface area contributed by atoms with Gasteiger partial charge in [0.05, 0.1) is 6.10 Å². The number of rotatable bonds is 1. The van der Waals surface area contributed by atoms with Crippen molar-refractivity contribution in [2.75, 3.05) is 0 Å². The Morgan fingerprint density at radius 3 is 2.33 bits per heavy atom. The molecule has 0 spiro atoms. The van der Waals surface area contributed by atoms with E-state index in [-0.39, 0.29) is 0 Å². The zero-order chi connectivity index (χ0) is 9.52. The van der Waals surface area contributed by atoms with Crippen LogP contribution in [0.25, 0.3) is 0 Å². The van der Waals surface area contributed by atoms with Crippen molar-refractivity contribution < 1.29 is 24.9 Å². The predicted octanol–water partition coefficient (Wildman–Crippen LogP) is -1.60. The van der Waals surface area contributed by atoms with Gasteiger partial charge in [0.2, 0.25) is 0 Å². The molecule has 1 fully saturated rings. The third kappa shape index (κ3) is 1.20. The summed E-state index contributed by atoms with van der Waals surface area (Å²) in [6.07, 6.45) is -3.63. The number of carbonyl (C=O) groups excluding carboxylic acids is 1. The lowest BCUT2D eigenvalue weighted by atomic mass is 9.92. The second kappa shape index (κ2) is 2.69. The molecule has 0 amide bonds. The highest BCUT2D eigenvalue weighted by atomic mass is 16.6. The minimum atomic E-state index is -1.70. The Balaban J connectivity index is 2.87. The van der Waals surface area contributed by atoms with E-state index in [0.717, 1.165) is 0 Å². The van der Waals surface area contributed by atoms with Crippen LogP contribution in [0.5, 0.6) is 0 Å². The van der Waals surface area contributed by atoms with Crippen molar-refractivity contribution in [1.29, 1.82) is 0 Å². The summed E-state index contributed by atoms with van der Waals surface area (Å²) in [6, 6.07) is 0. The topological polar surface area (TPSA) is 87.0 Å². The van der Waals surface area contributed by atoms with Crippen molar-refractivity contribution >= 4 is 5.97 Å². The van der Waals surface area contributed by atoms with E-state index in [1.807, 2.05) is 0 Å². The Kier molecular flexibility index (Phi) is 2.11. The van der Waals surface area contributed by atoms with Crippen LogP contribution in [0.1, 0.15) is 13.8 Å². The number of cyclic esters (lactones) is 1. The zero-order valence-corrected chi connectivity index (χ0v) is 6.89. The normalized spacial score (nSPS) is 44.2. The average Bonchev–Trinajstić information content (AvgIpc) is 2.13. The fourth-order valence-electron chi connectivity index (χ4n) is 1.29. The van der Waals surface area contributed by atoms with Crippen molar-refractivity contribution in [3.05, 3.63) is 0 Å². The van der Waals surface area contributed by atoms with E-state index in [4.69, 9.17) is 10.2 Å². The molecule has 70 valence electrons. The molecule has 0 aromatic rings. The average molecular weight is 176 g/mol. The molecule has 3 N–H and O–H groups in total. The van der Waals surface area contributed by atoms with Crippen LogP contribution in [0.3, 0.4) is 0 Å². The van der Waals surface area contributed by atoms with Gasteiger partial charge in [-0.3, -0.25) is 0 Å².